The van der Waals surface area contributed by atoms with Gasteiger partial charge >= 0.3 is 0 Å². The van der Waals surface area contributed by atoms with Crippen LogP contribution in [0.15, 0.2) is 12.3 Å². The van der Waals surface area contributed by atoms with Gasteiger partial charge in [0.25, 0.3) is 0 Å². The fraction of sp³-hybridized carbons (Fsp3) is 0.545. The first-order valence-electron chi connectivity index (χ1n) is 5.22. The van der Waals surface area contributed by atoms with Gasteiger partial charge in [-0.25, -0.2) is 4.98 Å². The number of piperazine rings is 1. The Kier molecular flexibility index (Phi) is 3.12. The van der Waals surface area contributed by atoms with Crippen molar-refractivity contribution >= 4 is 17.3 Å². The molecule has 3 nitrogen and oxygen atoms in total. The van der Waals surface area contributed by atoms with E-state index in [1.54, 1.807) is 0 Å². The van der Waals surface area contributed by atoms with Gasteiger partial charge in [-0.2, -0.15) is 0 Å². The van der Waals surface area contributed by atoms with E-state index in [0.29, 0.717) is 5.15 Å². The molecule has 2 rings (SSSR count). The average molecular weight is 226 g/mol. The molecule has 1 aromatic heterocycles. The summed E-state index contributed by atoms with van der Waals surface area (Å²) in [5.74, 6) is 0. The first kappa shape index (κ1) is 10.7. The molecule has 1 fully saturated rings. The second-order valence-corrected chi connectivity index (χ2v) is 4.47. The molecule has 4 heteroatoms. The van der Waals surface area contributed by atoms with Gasteiger partial charge in [0.05, 0.1) is 11.9 Å². The van der Waals surface area contributed by atoms with Crippen molar-refractivity contribution in [2.45, 2.75) is 6.92 Å². The van der Waals surface area contributed by atoms with Crippen molar-refractivity contribution in [1.82, 2.24) is 9.88 Å². The molecule has 1 aliphatic rings. The molecule has 0 spiro atoms. The van der Waals surface area contributed by atoms with Crippen molar-refractivity contribution in [3.63, 3.8) is 0 Å². The summed E-state index contributed by atoms with van der Waals surface area (Å²) in [4.78, 5) is 8.86. The SMILES string of the molecule is Cc1cc(Cl)ncc1N1CCN(C)CC1. The van der Waals surface area contributed by atoms with Gasteiger partial charge in [0, 0.05) is 26.2 Å². The lowest BCUT2D eigenvalue weighted by atomic mass is 10.2. The van der Waals surface area contributed by atoms with Crippen molar-refractivity contribution in [2.75, 3.05) is 38.1 Å². The molecular weight excluding hydrogens is 210 g/mol. The number of aryl methyl sites for hydroxylation is 1. The zero-order valence-electron chi connectivity index (χ0n) is 9.20. The molecule has 0 unspecified atom stereocenters. The Bertz CT molecular complexity index is 346. The largest absolute Gasteiger partial charge is 0.368 e. The lowest BCUT2D eigenvalue weighted by Gasteiger charge is -2.34. The molecule has 2 heterocycles. The lowest BCUT2D eigenvalue weighted by Crippen LogP contribution is -2.44. The third-order valence-corrected chi connectivity index (χ3v) is 3.10. The molecule has 0 radical (unpaired) electrons. The Morgan fingerprint density at radius 2 is 1.93 bits per heavy atom. The molecule has 1 aliphatic heterocycles. The molecular formula is C11H16ClN3. The average Bonchev–Trinajstić information content (AvgIpc) is 2.20. The Hall–Kier alpha value is -0.800. The number of anilines is 1. The molecule has 0 aliphatic carbocycles. The Labute approximate surface area is 95.7 Å². The highest BCUT2D eigenvalue weighted by molar-refractivity contribution is 6.29. The number of hydrogen-bond donors (Lipinski definition) is 0. The minimum absolute atomic E-state index is 0.574. The fourth-order valence-corrected chi connectivity index (χ4v) is 2.11. The van der Waals surface area contributed by atoms with Crippen LogP contribution in [0.4, 0.5) is 5.69 Å². The van der Waals surface area contributed by atoms with E-state index in [-0.39, 0.29) is 0 Å². The van der Waals surface area contributed by atoms with Gasteiger partial charge in [-0.05, 0) is 25.6 Å². The van der Waals surface area contributed by atoms with Crippen LogP contribution in [0.5, 0.6) is 0 Å². The van der Waals surface area contributed by atoms with Crippen molar-refractivity contribution in [1.29, 1.82) is 0 Å². The molecule has 0 N–H and O–H groups in total. The second kappa shape index (κ2) is 4.37. The summed E-state index contributed by atoms with van der Waals surface area (Å²) in [5, 5.41) is 0.574. The van der Waals surface area contributed by atoms with E-state index in [2.05, 4.69) is 28.8 Å². The van der Waals surface area contributed by atoms with Crippen LogP contribution in [-0.2, 0) is 0 Å². The summed E-state index contributed by atoms with van der Waals surface area (Å²) < 4.78 is 0. The summed E-state index contributed by atoms with van der Waals surface area (Å²) in [6.45, 7) is 6.45. The molecule has 1 saturated heterocycles. The summed E-state index contributed by atoms with van der Waals surface area (Å²) in [6, 6.07) is 1.93. The molecule has 0 aromatic carbocycles. The first-order valence-corrected chi connectivity index (χ1v) is 5.60. The smallest absolute Gasteiger partial charge is 0.129 e. The summed E-state index contributed by atoms with van der Waals surface area (Å²) in [5.41, 5.74) is 2.42. The number of hydrogen-bond acceptors (Lipinski definition) is 3. The van der Waals surface area contributed by atoms with E-state index in [1.807, 2.05) is 12.3 Å². The lowest BCUT2D eigenvalue weighted by molar-refractivity contribution is 0.312. The van der Waals surface area contributed by atoms with Gasteiger partial charge in [-0.3, -0.25) is 0 Å². The molecule has 0 saturated carbocycles. The standard InChI is InChI=1S/C11H16ClN3/c1-9-7-11(12)13-8-10(9)15-5-3-14(2)4-6-15/h7-8H,3-6H2,1-2H3. The summed E-state index contributed by atoms with van der Waals surface area (Å²) in [6.07, 6.45) is 1.88. The molecule has 0 bridgehead atoms. The number of pyridine rings is 1. The van der Waals surface area contributed by atoms with Crippen LogP contribution in [0, 0.1) is 6.92 Å². The van der Waals surface area contributed by atoms with E-state index in [1.165, 1.54) is 11.3 Å². The highest BCUT2D eigenvalue weighted by Gasteiger charge is 2.15. The van der Waals surface area contributed by atoms with Crippen LogP contribution in [0.2, 0.25) is 5.15 Å². The van der Waals surface area contributed by atoms with E-state index in [9.17, 15) is 0 Å². The van der Waals surface area contributed by atoms with Crippen LogP contribution in [0.1, 0.15) is 5.56 Å². The minimum atomic E-state index is 0.574. The molecule has 15 heavy (non-hydrogen) atoms. The summed E-state index contributed by atoms with van der Waals surface area (Å²) in [7, 11) is 2.16. The fourth-order valence-electron chi connectivity index (χ4n) is 1.89. The van der Waals surface area contributed by atoms with E-state index in [0.717, 1.165) is 26.2 Å². The van der Waals surface area contributed by atoms with E-state index in [4.69, 9.17) is 11.6 Å². The first-order chi connectivity index (χ1) is 7.16. The number of aromatic nitrogens is 1. The summed E-state index contributed by atoms with van der Waals surface area (Å²) >= 11 is 5.84. The van der Waals surface area contributed by atoms with Crippen molar-refractivity contribution in [2.24, 2.45) is 0 Å². The van der Waals surface area contributed by atoms with Gasteiger partial charge in [-0.1, -0.05) is 11.6 Å². The zero-order chi connectivity index (χ0) is 10.8. The zero-order valence-corrected chi connectivity index (χ0v) is 9.96. The van der Waals surface area contributed by atoms with Gasteiger partial charge in [0.15, 0.2) is 0 Å². The maximum atomic E-state index is 5.84. The van der Waals surface area contributed by atoms with Crippen LogP contribution < -0.4 is 4.90 Å². The van der Waals surface area contributed by atoms with Crippen LogP contribution >= 0.6 is 11.6 Å². The third-order valence-electron chi connectivity index (χ3n) is 2.89. The monoisotopic (exact) mass is 225 g/mol. The normalized spacial score (nSPS) is 18.2. The van der Waals surface area contributed by atoms with Crippen molar-refractivity contribution < 1.29 is 0 Å². The van der Waals surface area contributed by atoms with Crippen LogP contribution in [0.3, 0.4) is 0 Å². The van der Waals surface area contributed by atoms with Gasteiger partial charge in [0.1, 0.15) is 5.15 Å². The highest BCUT2D eigenvalue weighted by Crippen LogP contribution is 2.22. The quantitative estimate of drug-likeness (QED) is 0.680. The predicted molar refractivity (Wildman–Crippen MR) is 63.7 cm³/mol. The third kappa shape index (κ3) is 2.41. The number of likely N-dealkylation sites (N-methyl/N-ethyl adjacent to an activating group) is 1. The number of rotatable bonds is 1. The van der Waals surface area contributed by atoms with Crippen molar-refractivity contribution in [3.05, 3.63) is 23.0 Å². The van der Waals surface area contributed by atoms with E-state index < -0.39 is 0 Å². The molecule has 1 aromatic rings. The Balaban J connectivity index is 2.15. The Morgan fingerprint density at radius 3 is 2.53 bits per heavy atom. The van der Waals surface area contributed by atoms with Crippen LogP contribution in [-0.4, -0.2) is 43.1 Å². The predicted octanol–water partition coefficient (Wildman–Crippen LogP) is 1.80. The van der Waals surface area contributed by atoms with Gasteiger partial charge in [0.2, 0.25) is 0 Å². The topological polar surface area (TPSA) is 19.4 Å². The molecule has 0 atom stereocenters. The number of nitrogens with zero attached hydrogens (tertiary/aromatic N) is 3. The van der Waals surface area contributed by atoms with Crippen LogP contribution in [0.25, 0.3) is 0 Å². The number of halogens is 1. The van der Waals surface area contributed by atoms with Gasteiger partial charge < -0.3 is 9.80 Å². The maximum absolute atomic E-state index is 5.84. The molecule has 82 valence electrons. The minimum Gasteiger partial charge on any atom is -0.368 e. The van der Waals surface area contributed by atoms with E-state index >= 15 is 0 Å². The Morgan fingerprint density at radius 1 is 1.27 bits per heavy atom. The maximum Gasteiger partial charge on any atom is 0.129 e. The van der Waals surface area contributed by atoms with Crippen molar-refractivity contribution in [3.8, 4) is 0 Å². The second-order valence-electron chi connectivity index (χ2n) is 4.08. The molecule has 0 amide bonds. The van der Waals surface area contributed by atoms with Gasteiger partial charge in [-0.15, -0.1) is 0 Å². The highest BCUT2D eigenvalue weighted by atomic mass is 35.5.